The first-order chi connectivity index (χ1) is 8.83. The van der Waals surface area contributed by atoms with Crippen LogP contribution >= 0.6 is 0 Å². The molecular weight excluding hydrogens is 226 g/mol. The topological polar surface area (TPSA) is 57.8 Å². The molecule has 2 aromatic heterocycles. The van der Waals surface area contributed by atoms with Crippen molar-refractivity contribution in [1.29, 1.82) is 0 Å². The van der Waals surface area contributed by atoms with Gasteiger partial charge in [0.05, 0.1) is 5.52 Å². The number of carbonyl (C=O) groups is 1. The van der Waals surface area contributed by atoms with Crippen LogP contribution in [-0.2, 0) is 0 Å². The number of rotatable bonds is 2. The van der Waals surface area contributed by atoms with Gasteiger partial charge in [-0.25, -0.2) is 4.98 Å². The van der Waals surface area contributed by atoms with Crippen LogP contribution in [0.2, 0.25) is 0 Å². The number of anilines is 1. The highest BCUT2D eigenvalue weighted by Crippen LogP contribution is 2.15. The van der Waals surface area contributed by atoms with Crippen molar-refractivity contribution in [2.75, 3.05) is 5.32 Å². The molecule has 0 aliphatic heterocycles. The molecule has 88 valence electrons. The molecule has 1 aromatic carbocycles. The molecule has 1 amide bonds. The molecule has 0 aliphatic rings. The molecule has 0 fully saturated rings. The molecule has 0 atom stereocenters. The number of nitrogens with zero attached hydrogens (tertiary/aromatic N) is 1. The molecule has 4 nitrogen and oxygen atoms in total. The van der Waals surface area contributed by atoms with Gasteiger partial charge in [-0.3, -0.25) is 4.79 Å². The molecule has 4 heteroatoms. The minimum absolute atomic E-state index is 0.158. The maximum atomic E-state index is 11.9. The lowest BCUT2D eigenvalue weighted by molar-refractivity contribution is 0.102. The van der Waals surface area contributed by atoms with Crippen molar-refractivity contribution in [2.24, 2.45) is 0 Å². The maximum absolute atomic E-state index is 11.9. The van der Waals surface area contributed by atoms with Crippen LogP contribution in [0.3, 0.4) is 0 Å². The van der Waals surface area contributed by atoms with E-state index in [2.05, 4.69) is 15.3 Å². The Morgan fingerprint density at radius 2 is 2.00 bits per heavy atom. The zero-order valence-corrected chi connectivity index (χ0v) is 9.55. The minimum Gasteiger partial charge on any atom is -0.361 e. The van der Waals surface area contributed by atoms with E-state index in [4.69, 9.17) is 0 Å². The van der Waals surface area contributed by atoms with Crippen molar-refractivity contribution in [2.45, 2.75) is 0 Å². The van der Waals surface area contributed by atoms with Crippen molar-refractivity contribution in [3.05, 3.63) is 60.4 Å². The van der Waals surface area contributed by atoms with E-state index in [1.807, 2.05) is 36.5 Å². The van der Waals surface area contributed by atoms with Gasteiger partial charge in [0.1, 0.15) is 5.82 Å². The van der Waals surface area contributed by atoms with Gasteiger partial charge < -0.3 is 10.3 Å². The van der Waals surface area contributed by atoms with Gasteiger partial charge in [-0.1, -0.05) is 18.2 Å². The highest BCUT2D eigenvalue weighted by atomic mass is 16.1. The summed E-state index contributed by atoms with van der Waals surface area (Å²) >= 11 is 0. The fourth-order valence-corrected chi connectivity index (χ4v) is 1.79. The van der Waals surface area contributed by atoms with Crippen LogP contribution in [0.4, 0.5) is 5.82 Å². The number of hydrogen-bond acceptors (Lipinski definition) is 2. The van der Waals surface area contributed by atoms with Gasteiger partial charge in [0, 0.05) is 29.4 Å². The third-order valence-corrected chi connectivity index (χ3v) is 2.71. The lowest BCUT2D eigenvalue weighted by Gasteiger charge is -2.04. The molecule has 0 spiro atoms. The molecular formula is C14H11N3O. The number of aromatic amines is 1. The molecule has 0 saturated heterocycles. The number of aromatic nitrogens is 2. The Hall–Kier alpha value is -2.62. The van der Waals surface area contributed by atoms with Crippen molar-refractivity contribution < 1.29 is 4.79 Å². The molecule has 3 aromatic rings. The largest absolute Gasteiger partial charge is 0.361 e. The van der Waals surface area contributed by atoms with Crippen LogP contribution in [0.15, 0.2) is 54.9 Å². The zero-order chi connectivity index (χ0) is 12.4. The summed E-state index contributed by atoms with van der Waals surface area (Å²) in [5, 5.41) is 3.79. The van der Waals surface area contributed by atoms with Gasteiger partial charge in [-0.2, -0.15) is 0 Å². The van der Waals surface area contributed by atoms with Gasteiger partial charge in [-0.15, -0.1) is 0 Å². The van der Waals surface area contributed by atoms with E-state index in [-0.39, 0.29) is 5.91 Å². The fraction of sp³-hybridized carbons (Fsp3) is 0. The predicted octanol–water partition coefficient (Wildman–Crippen LogP) is 2.82. The minimum atomic E-state index is -0.158. The van der Waals surface area contributed by atoms with Crippen molar-refractivity contribution in [3.63, 3.8) is 0 Å². The van der Waals surface area contributed by atoms with E-state index < -0.39 is 0 Å². The highest BCUT2D eigenvalue weighted by Gasteiger charge is 2.06. The Kier molecular flexibility index (Phi) is 2.53. The molecule has 2 heterocycles. The highest BCUT2D eigenvalue weighted by molar-refractivity contribution is 6.04. The van der Waals surface area contributed by atoms with Crippen molar-refractivity contribution >= 4 is 22.6 Å². The Morgan fingerprint density at radius 1 is 1.17 bits per heavy atom. The first-order valence-electron chi connectivity index (χ1n) is 5.62. The van der Waals surface area contributed by atoms with Gasteiger partial charge >= 0.3 is 0 Å². The number of nitrogens with one attached hydrogen (secondary N) is 2. The molecule has 2 N–H and O–H groups in total. The third-order valence-electron chi connectivity index (χ3n) is 2.71. The summed E-state index contributed by atoms with van der Waals surface area (Å²) < 4.78 is 0. The maximum Gasteiger partial charge on any atom is 0.256 e. The van der Waals surface area contributed by atoms with Gasteiger partial charge in [0.2, 0.25) is 0 Å². The second-order valence-corrected chi connectivity index (χ2v) is 3.95. The lowest BCUT2D eigenvalue weighted by Crippen LogP contribution is -2.12. The molecule has 0 bridgehead atoms. The molecule has 0 unspecified atom stereocenters. The predicted molar refractivity (Wildman–Crippen MR) is 70.5 cm³/mol. The first-order valence-corrected chi connectivity index (χ1v) is 5.62. The average molecular weight is 237 g/mol. The van der Waals surface area contributed by atoms with Crippen LogP contribution in [0.1, 0.15) is 10.4 Å². The summed E-state index contributed by atoms with van der Waals surface area (Å²) in [5.41, 5.74) is 1.57. The Bertz CT molecular complexity index is 688. The third kappa shape index (κ3) is 1.96. The molecule has 0 aliphatic carbocycles. The summed E-state index contributed by atoms with van der Waals surface area (Å²) in [6.07, 6.45) is 3.57. The summed E-state index contributed by atoms with van der Waals surface area (Å²) in [4.78, 5) is 19.2. The van der Waals surface area contributed by atoms with Crippen LogP contribution < -0.4 is 5.32 Å². The van der Waals surface area contributed by atoms with E-state index in [0.29, 0.717) is 11.4 Å². The average Bonchev–Trinajstić information content (AvgIpc) is 2.87. The Labute approximate surface area is 104 Å². The van der Waals surface area contributed by atoms with E-state index in [1.54, 1.807) is 18.3 Å². The Balaban J connectivity index is 1.86. The Morgan fingerprint density at radius 3 is 2.83 bits per heavy atom. The monoisotopic (exact) mass is 237 g/mol. The summed E-state index contributed by atoms with van der Waals surface area (Å²) in [6.45, 7) is 0. The zero-order valence-electron chi connectivity index (χ0n) is 9.55. The number of H-pyrrole nitrogens is 1. The second-order valence-electron chi connectivity index (χ2n) is 3.95. The van der Waals surface area contributed by atoms with Gasteiger partial charge in [0.15, 0.2) is 0 Å². The molecule has 0 radical (unpaired) electrons. The second kappa shape index (κ2) is 4.33. The van der Waals surface area contributed by atoms with E-state index >= 15 is 0 Å². The van der Waals surface area contributed by atoms with E-state index in [9.17, 15) is 4.79 Å². The van der Waals surface area contributed by atoms with Crippen LogP contribution in [0.25, 0.3) is 10.9 Å². The van der Waals surface area contributed by atoms with Crippen LogP contribution in [-0.4, -0.2) is 15.9 Å². The standard InChI is InChI=1S/C14H11N3O/c18-14(10-4-2-1-3-5-10)17-13-8-12-11(9-16-13)6-7-15-12/h1-9,15H,(H,16,17,18). The lowest BCUT2D eigenvalue weighted by atomic mass is 10.2. The molecule has 18 heavy (non-hydrogen) atoms. The first kappa shape index (κ1) is 10.5. The van der Waals surface area contributed by atoms with Crippen LogP contribution in [0.5, 0.6) is 0 Å². The number of pyridine rings is 1. The quantitative estimate of drug-likeness (QED) is 0.720. The number of carbonyl (C=O) groups excluding carboxylic acids is 1. The number of amides is 1. The summed E-state index contributed by atoms with van der Waals surface area (Å²) in [5.74, 6) is 0.382. The molecule has 3 rings (SSSR count). The molecule has 0 saturated carbocycles. The number of benzene rings is 1. The van der Waals surface area contributed by atoms with E-state index in [0.717, 1.165) is 10.9 Å². The van der Waals surface area contributed by atoms with Gasteiger partial charge in [-0.05, 0) is 18.2 Å². The fourth-order valence-electron chi connectivity index (χ4n) is 1.79. The summed E-state index contributed by atoms with van der Waals surface area (Å²) in [6, 6.07) is 12.8. The smallest absolute Gasteiger partial charge is 0.256 e. The number of hydrogen-bond donors (Lipinski definition) is 2. The van der Waals surface area contributed by atoms with Crippen LogP contribution in [0, 0.1) is 0 Å². The van der Waals surface area contributed by atoms with Crippen molar-refractivity contribution in [1.82, 2.24) is 9.97 Å². The van der Waals surface area contributed by atoms with E-state index in [1.165, 1.54) is 0 Å². The number of fused-ring (bicyclic) bond motifs is 1. The summed E-state index contributed by atoms with van der Waals surface area (Å²) in [7, 11) is 0. The van der Waals surface area contributed by atoms with Gasteiger partial charge in [0.25, 0.3) is 5.91 Å². The SMILES string of the molecule is O=C(Nc1cc2[nH]ccc2cn1)c1ccccc1. The van der Waals surface area contributed by atoms with Crippen molar-refractivity contribution in [3.8, 4) is 0 Å². The normalized spacial score (nSPS) is 10.4.